The van der Waals surface area contributed by atoms with E-state index in [0.717, 1.165) is 29.9 Å². The van der Waals surface area contributed by atoms with E-state index in [4.69, 9.17) is 0 Å². The summed E-state index contributed by atoms with van der Waals surface area (Å²) in [6.07, 6.45) is 8.72. The van der Waals surface area contributed by atoms with Crippen molar-refractivity contribution in [2.45, 2.75) is 38.6 Å². The van der Waals surface area contributed by atoms with E-state index in [2.05, 4.69) is 17.2 Å². The van der Waals surface area contributed by atoms with Gasteiger partial charge >= 0.3 is 0 Å². The average molecular weight is 248 g/mol. The van der Waals surface area contributed by atoms with E-state index < -0.39 is 0 Å². The van der Waals surface area contributed by atoms with Gasteiger partial charge in [0.25, 0.3) is 0 Å². The maximum absolute atomic E-state index is 13.1. The number of rotatable bonds is 4. The Balaban J connectivity index is 1.54. The third kappa shape index (κ3) is 2.41. The predicted molar refractivity (Wildman–Crippen MR) is 69.6 cm³/mol. The van der Waals surface area contributed by atoms with Gasteiger partial charge in [0, 0.05) is 12.2 Å². The number of nitrogens with one attached hydrogen (secondary N) is 1. The molecule has 0 spiro atoms. The highest BCUT2D eigenvalue weighted by Gasteiger charge is 2.39. The molecule has 0 amide bonds. The second-order valence-corrected chi connectivity index (χ2v) is 6.00. The van der Waals surface area contributed by atoms with Crippen molar-refractivity contribution in [1.82, 2.24) is 10.3 Å². The first-order valence-corrected chi connectivity index (χ1v) is 7.06. The van der Waals surface area contributed by atoms with Gasteiger partial charge in [0.15, 0.2) is 0 Å². The van der Waals surface area contributed by atoms with Crippen LogP contribution in [0.4, 0.5) is 4.39 Å². The van der Waals surface area contributed by atoms with Gasteiger partial charge in [0.1, 0.15) is 5.82 Å². The highest BCUT2D eigenvalue weighted by atomic mass is 19.1. The second-order valence-electron chi connectivity index (χ2n) is 6.00. The predicted octanol–water partition coefficient (Wildman–Crippen LogP) is 3.31. The van der Waals surface area contributed by atoms with Crippen LogP contribution in [0.5, 0.6) is 0 Å². The monoisotopic (exact) mass is 248 g/mol. The van der Waals surface area contributed by atoms with Crippen LogP contribution in [0.2, 0.25) is 0 Å². The molecule has 0 aliphatic heterocycles. The lowest BCUT2D eigenvalue weighted by atomic mass is 9.88. The van der Waals surface area contributed by atoms with Crippen LogP contribution in [0.3, 0.4) is 0 Å². The molecule has 4 unspecified atom stereocenters. The van der Waals surface area contributed by atoms with Gasteiger partial charge in [-0.05, 0) is 62.1 Å². The number of aromatic nitrogens is 1. The molecule has 2 aliphatic rings. The molecule has 0 aromatic carbocycles. The van der Waals surface area contributed by atoms with Crippen LogP contribution in [-0.2, 0) is 0 Å². The van der Waals surface area contributed by atoms with Gasteiger partial charge in [-0.25, -0.2) is 4.39 Å². The van der Waals surface area contributed by atoms with Gasteiger partial charge < -0.3 is 5.32 Å². The fourth-order valence-corrected chi connectivity index (χ4v) is 3.74. The Morgan fingerprint density at radius 1 is 1.39 bits per heavy atom. The normalized spacial score (nSPS) is 31.8. The zero-order valence-electron chi connectivity index (χ0n) is 10.9. The zero-order valence-corrected chi connectivity index (χ0v) is 10.9. The minimum atomic E-state index is -0.249. The number of nitrogens with zero attached hydrogens (tertiary/aromatic N) is 1. The van der Waals surface area contributed by atoms with E-state index >= 15 is 0 Å². The number of hydrogen-bond acceptors (Lipinski definition) is 2. The molecule has 2 fully saturated rings. The van der Waals surface area contributed by atoms with Crippen LogP contribution in [0.1, 0.15) is 44.2 Å². The molecule has 2 nitrogen and oxygen atoms in total. The molecule has 2 aliphatic carbocycles. The molecule has 1 aromatic rings. The van der Waals surface area contributed by atoms with Crippen LogP contribution in [-0.4, -0.2) is 11.5 Å². The fraction of sp³-hybridized carbons (Fsp3) is 0.667. The highest BCUT2D eigenvalue weighted by Crippen LogP contribution is 2.48. The van der Waals surface area contributed by atoms with Gasteiger partial charge in [-0.3, -0.25) is 4.98 Å². The Labute approximate surface area is 108 Å². The van der Waals surface area contributed by atoms with Gasteiger partial charge in [0.2, 0.25) is 0 Å². The summed E-state index contributed by atoms with van der Waals surface area (Å²) in [7, 11) is 0. The molecular weight excluding hydrogens is 227 g/mol. The first kappa shape index (κ1) is 12.1. The molecular formula is C15H21FN2. The van der Waals surface area contributed by atoms with Crippen molar-refractivity contribution < 1.29 is 4.39 Å². The molecule has 2 bridgehead atoms. The quantitative estimate of drug-likeness (QED) is 0.884. The molecule has 1 heterocycles. The Hall–Kier alpha value is -0.960. The van der Waals surface area contributed by atoms with Crippen molar-refractivity contribution in [3.8, 4) is 0 Å². The maximum atomic E-state index is 13.1. The van der Waals surface area contributed by atoms with Crippen LogP contribution in [0.25, 0.3) is 0 Å². The molecule has 2 saturated carbocycles. The fourth-order valence-electron chi connectivity index (χ4n) is 3.74. The first-order chi connectivity index (χ1) is 8.72. The lowest BCUT2D eigenvalue weighted by molar-refractivity contribution is 0.309. The highest BCUT2D eigenvalue weighted by molar-refractivity contribution is 5.14. The number of hydrogen-bond donors (Lipinski definition) is 1. The SMILES string of the molecule is CC(NCC1CC2CCC1C2)c1cncc(F)c1. The average Bonchev–Trinajstić information content (AvgIpc) is 2.98. The molecule has 18 heavy (non-hydrogen) atoms. The van der Waals surface area contributed by atoms with Crippen molar-refractivity contribution in [2.24, 2.45) is 17.8 Å². The minimum absolute atomic E-state index is 0.187. The molecule has 3 heteroatoms. The lowest BCUT2D eigenvalue weighted by Crippen LogP contribution is -2.28. The van der Waals surface area contributed by atoms with E-state index in [-0.39, 0.29) is 11.9 Å². The van der Waals surface area contributed by atoms with Crippen LogP contribution in [0.15, 0.2) is 18.5 Å². The number of pyridine rings is 1. The van der Waals surface area contributed by atoms with Crippen LogP contribution < -0.4 is 5.32 Å². The maximum Gasteiger partial charge on any atom is 0.141 e. The topological polar surface area (TPSA) is 24.9 Å². The smallest absolute Gasteiger partial charge is 0.141 e. The van der Waals surface area contributed by atoms with Crippen molar-refractivity contribution >= 4 is 0 Å². The van der Waals surface area contributed by atoms with Gasteiger partial charge in [-0.15, -0.1) is 0 Å². The summed E-state index contributed by atoms with van der Waals surface area (Å²) in [6, 6.07) is 1.76. The summed E-state index contributed by atoms with van der Waals surface area (Å²) >= 11 is 0. The Bertz CT molecular complexity index is 421. The first-order valence-electron chi connectivity index (χ1n) is 7.06. The Morgan fingerprint density at radius 3 is 2.94 bits per heavy atom. The molecule has 1 N–H and O–H groups in total. The summed E-state index contributed by atoms with van der Waals surface area (Å²) in [5.74, 6) is 2.53. The van der Waals surface area contributed by atoms with Crippen molar-refractivity contribution in [3.63, 3.8) is 0 Å². The largest absolute Gasteiger partial charge is 0.310 e. The van der Waals surface area contributed by atoms with Crippen molar-refractivity contribution in [1.29, 1.82) is 0 Å². The number of halogens is 1. The van der Waals surface area contributed by atoms with Gasteiger partial charge in [-0.2, -0.15) is 0 Å². The van der Waals surface area contributed by atoms with Crippen LogP contribution >= 0.6 is 0 Å². The zero-order chi connectivity index (χ0) is 12.5. The van der Waals surface area contributed by atoms with E-state index in [0.29, 0.717) is 0 Å². The molecule has 4 atom stereocenters. The lowest BCUT2D eigenvalue weighted by Gasteiger charge is -2.24. The molecule has 0 radical (unpaired) electrons. The second kappa shape index (κ2) is 4.96. The van der Waals surface area contributed by atoms with Crippen molar-refractivity contribution in [2.75, 3.05) is 6.54 Å². The van der Waals surface area contributed by atoms with E-state index in [1.165, 1.54) is 31.9 Å². The number of fused-ring (bicyclic) bond motifs is 2. The third-order valence-corrected chi connectivity index (χ3v) is 4.80. The van der Waals surface area contributed by atoms with E-state index in [1.54, 1.807) is 12.3 Å². The summed E-state index contributed by atoms with van der Waals surface area (Å²) < 4.78 is 13.1. The summed E-state index contributed by atoms with van der Waals surface area (Å²) in [5.41, 5.74) is 0.943. The molecule has 0 saturated heterocycles. The summed E-state index contributed by atoms with van der Waals surface area (Å²) in [4.78, 5) is 3.91. The van der Waals surface area contributed by atoms with Crippen LogP contribution in [0, 0.1) is 23.6 Å². The van der Waals surface area contributed by atoms with E-state index in [1.807, 2.05) is 0 Å². The Morgan fingerprint density at radius 2 is 2.28 bits per heavy atom. The van der Waals surface area contributed by atoms with Crippen molar-refractivity contribution in [3.05, 3.63) is 29.8 Å². The molecule has 98 valence electrons. The van der Waals surface area contributed by atoms with E-state index in [9.17, 15) is 4.39 Å². The minimum Gasteiger partial charge on any atom is -0.310 e. The molecule has 1 aromatic heterocycles. The summed E-state index contributed by atoms with van der Waals surface area (Å²) in [6.45, 7) is 3.16. The molecule has 3 rings (SSSR count). The van der Waals surface area contributed by atoms with Gasteiger partial charge in [-0.1, -0.05) is 6.42 Å². The third-order valence-electron chi connectivity index (χ3n) is 4.80. The standard InChI is InChI=1S/C15H21FN2/c1-10(13-6-15(16)9-17-7-13)18-8-14-5-11-2-3-12(14)4-11/h6-7,9-12,14,18H,2-5,8H2,1H3. The summed E-state index contributed by atoms with van der Waals surface area (Å²) in [5, 5.41) is 3.55. The Kier molecular flexibility index (Phi) is 3.33. The van der Waals surface area contributed by atoms with Gasteiger partial charge in [0.05, 0.1) is 6.20 Å².